The number of hydrogen-bond acceptors (Lipinski definition) is 7. The molecule has 1 fully saturated rings. The van der Waals surface area contributed by atoms with E-state index in [9.17, 15) is 18.5 Å². The summed E-state index contributed by atoms with van der Waals surface area (Å²) in [6.45, 7) is 0. The standard InChI is InChI=1S/C18H20N4O4S/c1-21(16-5-3-2-4-6-16)17-8-7-14(11-18(17)22(23)24)12-19-20-15-9-10-27(25,26)13-15/h2-8,11-12,15,20H,9-10,13H2,1H3/b19-12+. The Morgan fingerprint density at radius 1 is 1.26 bits per heavy atom. The second kappa shape index (κ2) is 7.75. The Kier molecular flexibility index (Phi) is 5.41. The molecule has 0 aliphatic carbocycles. The van der Waals surface area contributed by atoms with Crippen LogP contribution in [0, 0.1) is 10.1 Å². The van der Waals surface area contributed by atoms with Crippen molar-refractivity contribution in [1.82, 2.24) is 5.43 Å². The van der Waals surface area contributed by atoms with Crippen molar-refractivity contribution in [2.45, 2.75) is 12.5 Å². The van der Waals surface area contributed by atoms with Gasteiger partial charge in [0.2, 0.25) is 0 Å². The molecule has 0 radical (unpaired) electrons. The van der Waals surface area contributed by atoms with E-state index in [1.54, 1.807) is 24.1 Å². The maximum absolute atomic E-state index is 11.5. The van der Waals surface area contributed by atoms with Gasteiger partial charge >= 0.3 is 0 Å². The van der Waals surface area contributed by atoms with E-state index in [1.165, 1.54) is 12.3 Å². The van der Waals surface area contributed by atoms with Crippen molar-refractivity contribution in [3.05, 3.63) is 64.2 Å². The molecule has 3 rings (SSSR count). The number of nitrogens with one attached hydrogen (secondary N) is 1. The number of hydrogen-bond donors (Lipinski definition) is 1. The van der Waals surface area contributed by atoms with E-state index in [0.717, 1.165) is 5.69 Å². The van der Waals surface area contributed by atoms with Gasteiger partial charge in [0.15, 0.2) is 9.84 Å². The number of para-hydroxylation sites is 1. The van der Waals surface area contributed by atoms with E-state index >= 15 is 0 Å². The summed E-state index contributed by atoms with van der Waals surface area (Å²) in [5, 5.41) is 15.6. The molecule has 0 aromatic heterocycles. The fraction of sp³-hybridized carbons (Fsp3) is 0.278. The molecule has 1 N–H and O–H groups in total. The molecule has 1 aliphatic rings. The van der Waals surface area contributed by atoms with Crippen LogP contribution in [-0.4, -0.2) is 44.2 Å². The summed E-state index contributed by atoms with van der Waals surface area (Å²) in [6.07, 6.45) is 1.98. The van der Waals surface area contributed by atoms with E-state index in [1.807, 2.05) is 30.3 Å². The normalized spacial score (nSPS) is 18.5. The topological polar surface area (TPSA) is 105 Å². The summed E-state index contributed by atoms with van der Waals surface area (Å²) in [5.74, 6) is 0.220. The molecule has 1 atom stereocenters. The molecular formula is C18H20N4O4S. The van der Waals surface area contributed by atoms with Gasteiger partial charge in [-0.1, -0.05) is 24.3 Å². The average molecular weight is 388 g/mol. The van der Waals surface area contributed by atoms with Gasteiger partial charge in [-0.2, -0.15) is 5.10 Å². The Hall–Kier alpha value is -2.94. The number of nitro groups is 1. The number of rotatable bonds is 6. The van der Waals surface area contributed by atoms with Gasteiger partial charge in [-0.15, -0.1) is 0 Å². The predicted octanol–water partition coefficient (Wildman–Crippen LogP) is 2.47. The van der Waals surface area contributed by atoms with Crippen molar-refractivity contribution in [3.63, 3.8) is 0 Å². The highest BCUT2D eigenvalue weighted by molar-refractivity contribution is 7.91. The SMILES string of the molecule is CN(c1ccccc1)c1ccc(/C=N/NC2CCS(=O)(=O)C2)cc1[N+](=O)[O-]. The number of benzene rings is 2. The first-order valence-electron chi connectivity index (χ1n) is 8.42. The molecule has 0 amide bonds. The maximum Gasteiger partial charge on any atom is 0.293 e. The number of anilines is 2. The Labute approximate surface area is 157 Å². The Morgan fingerprint density at radius 3 is 2.63 bits per heavy atom. The second-order valence-electron chi connectivity index (χ2n) is 6.39. The molecule has 0 spiro atoms. The summed E-state index contributed by atoms with van der Waals surface area (Å²) in [5.41, 5.74) is 4.64. The lowest BCUT2D eigenvalue weighted by atomic mass is 10.1. The molecular weight excluding hydrogens is 368 g/mol. The lowest BCUT2D eigenvalue weighted by molar-refractivity contribution is -0.384. The van der Waals surface area contributed by atoms with Crippen LogP contribution in [0.3, 0.4) is 0 Å². The van der Waals surface area contributed by atoms with Crippen LogP contribution in [0.15, 0.2) is 53.6 Å². The Balaban J connectivity index is 1.77. The first-order chi connectivity index (χ1) is 12.9. The smallest absolute Gasteiger partial charge is 0.293 e. The second-order valence-corrected chi connectivity index (χ2v) is 8.62. The van der Waals surface area contributed by atoms with Crippen molar-refractivity contribution >= 4 is 33.1 Å². The van der Waals surface area contributed by atoms with Crippen LogP contribution < -0.4 is 10.3 Å². The van der Waals surface area contributed by atoms with Crippen LogP contribution in [0.5, 0.6) is 0 Å². The van der Waals surface area contributed by atoms with Gasteiger partial charge < -0.3 is 10.3 Å². The third-order valence-electron chi connectivity index (χ3n) is 4.40. The molecule has 27 heavy (non-hydrogen) atoms. The van der Waals surface area contributed by atoms with E-state index < -0.39 is 14.8 Å². The minimum absolute atomic E-state index is 0.0336. The monoisotopic (exact) mass is 388 g/mol. The van der Waals surface area contributed by atoms with Crippen molar-refractivity contribution in [3.8, 4) is 0 Å². The fourth-order valence-corrected chi connectivity index (χ4v) is 4.62. The van der Waals surface area contributed by atoms with E-state index in [0.29, 0.717) is 17.7 Å². The van der Waals surface area contributed by atoms with Crippen molar-refractivity contribution in [1.29, 1.82) is 0 Å². The van der Waals surface area contributed by atoms with Crippen LogP contribution in [0.2, 0.25) is 0 Å². The number of sulfone groups is 1. The van der Waals surface area contributed by atoms with Gasteiger partial charge in [-0.25, -0.2) is 8.42 Å². The first kappa shape index (κ1) is 18.8. The zero-order valence-corrected chi connectivity index (χ0v) is 15.6. The highest BCUT2D eigenvalue weighted by Gasteiger charge is 2.27. The number of hydrazone groups is 1. The molecule has 142 valence electrons. The van der Waals surface area contributed by atoms with Gasteiger partial charge in [0.1, 0.15) is 5.69 Å². The lowest BCUT2D eigenvalue weighted by Crippen LogP contribution is -2.25. The van der Waals surface area contributed by atoms with Crippen LogP contribution in [0.25, 0.3) is 0 Å². The third-order valence-corrected chi connectivity index (χ3v) is 6.17. The van der Waals surface area contributed by atoms with Crippen molar-refractivity contribution < 1.29 is 13.3 Å². The average Bonchev–Trinajstić information content (AvgIpc) is 3.00. The van der Waals surface area contributed by atoms with E-state index in [4.69, 9.17) is 0 Å². The molecule has 1 saturated heterocycles. The van der Waals surface area contributed by atoms with Crippen LogP contribution >= 0.6 is 0 Å². The summed E-state index contributed by atoms with van der Waals surface area (Å²) >= 11 is 0. The molecule has 9 heteroatoms. The molecule has 2 aromatic carbocycles. The molecule has 8 nitrogen and oxygen atoms in total. The first-order valence-corrected chi connectivity index (χ1v) is 10.2. The minimum atomic E-state index is -2.98. The highest BCUT2D eigenvalue weighted by atomic mass is 32.2. The van der Waals surface area contributed by atoms with Crippen molar-refractivity contribution in [2.24, 2.45) is 5.10 Å². The summed E-state index contributed by atoms with van der Waals surface area (Å²) in [7, 11) is -1.21. The van der Waals surface area contributed by atoms with Crippen LogP contribution in [-0.2, 0) is 9.84 Å². The van der Waals surface area contributed by atoms with Gasteiger partial charge in [0.05, 0.1) is 28.7 Å². The molecule has 1 heterocycles. The van der Waals surface area contributed by atoms with Gasteiger partial charge in [-0.3, -0.25) is 10.1 Å². The number of nitrogens with zero attached hydrogens (tertiary/aromatic N) is 3. The van der Waals surface area contributed by atoms with Crippen LogP contribution in [0.1, 0.15) is 12.0 Å². The fourth-order valence-electron chi connectivity index (χ4n) is 2.96. The molecule has 0 bridgehead atoms. The van der Waals surface area contributed by atoms with Gasteiger partial charge in [0, 0.05) is 24.4 Å². The third kappa shape index (κ3) is 4.62. The summed E-state index contributed by atoms with van der Waals surface area (Å²) in [4.78, 5) is 12.8. The summed E-state index contributed by atoms with van der Waals surface area (Å²) in [6, 6.07) is 14.0. The number of nitro benzene ring substituents is 1. The predicted molar refractivity (Wildman–Crippen MR) is 105 cm³/mol. The Morgan fingerprint density at radius 2 is 2.00 bits per heavy atom. The highest BCUT2D eigenvalue weighted by Crippen LogP contribution is 2.32. The van der Waals surface area contributed by atoms with Crippen molar-refractivity contribution in [2.75, 3.05) is 23.5 Å². The van der Waals surface area contributed by atoms with Crippen LogP contribution in [0.4, 0.5) is 17.1 Å². The van der Waals surface area contributed by atoms with E-state index in [-0.39, 0.29) is 23.2 Å². The summed E-state index contributed by atoms with van der Waals surface area (Å²) < 4.78 is 22.9. The maximum atomic E-state index is 11.5. The quantitative estimate of drug-likeness (QED) is 0.463. The molecule has 2 aromatic rings. The zero-order chi connectivity index (χ0) is 19.4. The molecule has 1 unspecified atom stereocenters. The minimum Gasteiger partial charge on any atom is -0.339 e. The van der Waals surface area contributed by atoms with Gasteiger partial charge in [-0.05, 0) is 24.6 Å². The lowest BCUT2D eigenvalue weighted by Gasteiger charge is -2.19. The van der Waals surface area contributed by atoms with E-state index in [2.05, 4.69) is 10.5 Å². The van der Waals surface area contributed by atoms with Gasteiger partial charge in [0.25, 0.3) is 5.69 Å². The Bertz CT molecular complexity index is 961. The zero-order valence-electron chi connectivity index (χ0n) is 14.8. The largest absolute Gasteiger partial charge is 0.339 e. The molecule has 1 aliphatic heterocycles. The molecule has 0 saturated carbocycles.